The van der Waals surface area contributed by atoms with Crippen LogP contribution in [0.15, 0.2) is 132 Å². The summed E-state index contributed by atoms with van der Waals surface area (Å²) < 4.78 is 34.9. The molecule has 5 aromatic carbocycles. The SMILES string of the molecule is COC(=O)[C@H](Cc1ccccc1)NN(C(=O)[C@@](N)(Cc1cccc(C(=N)N)c1)S(=O)(=O)c1ccc2ccccc2c1)[C@@H](CCc1ccccc1)C(=O)O. The molecule has 0 fully saturated rings. The molecule has 12 nitrogen and oxygen atoms in total. The topological polar surface area (TPSA) is 206 Å². The molecule has 274 valence electrons. The van der Waals surface area contributed by atoms with Crippen LogP contribution in [0.25, 0.3) is 10.8 Å². The smallest absolute Gasteiger partial charge is 0.328 e. The first-order chi connectivity index (χ1) is 25.3. The largest absolute Gasteiger partial charge is 0.480 e. The first-order valence-electron chi connectivity index (χ1n) is 16.8. The molecule has 3 atom stereocenters. The number of carboxylic acids is 1. The fourth-order valence-electron chi connectivity index (χ4n) is 6.13. The second-order valence-corrected chi connectivity index (χ2v) is 14.8. The van der Waals surface area contributed by atoms with Crippen LogP contribution < -0.4 is 16.9 Å². The Balaban J connectivity index is 1.68. The fraction of sp³-hybridized carbons (Fsp3) is 0.200. The van der Waals surface area contributed by atoms with E-state index in [1.807, 2.05) is 6.07 Å². The number of nitrogens with one attached hydrogen (secondary N) is 2. The Bertz CT molecular complexity index is 2220. The number of carbonyl (C=O) groups excluding carboxylic acids is 2. The minimum atomic E-state index is -4.86. The molecule has 53 heavy (non-hydrogen) atoms. The molecule has 0 aliphatic heterocycles. The summed E-state index contributed by atoms with van der Waals surface area (Å²) in [5.41, 5.74) is 17.4. The van der Waals surface area contributed by atoms with Gasteiger partial charge in [0.1, 0.15) is 17.9 Å². The maximum Gasteiger partial charge on any atom is 0.328 e. The lowest BCUT2D eigenvalue weighted by Crippen LogP contribution is -2.69. The molecule has 7 N–H and O–H groups in total. The van der Waals surface area contributed by atoms with Crippen molar-refractivity contribution in [2.45, 2.75) is 47.5 Å². The minimum Gasteiger partial charge on any atom is -0.480 e. The van der Waals surface area contributed by atoms with Crippen molar-refractivity contribution in [2.75, 3.05) is 7.11 Å². The van der Waals surface area contributed by atoms with Gasteiger partial charge in [-0.3, -0.25) is 20.0 Å². The summed E-state index contributed by atoms with van der Waals surface area (Å²) >= 11 is 0. The van der Waals surface area contributed by atoms with Crippen molar-refractivity contribution in [1.29, 1.82) is 5.41 Å². The van der Waals surface area contributed by atoms with Crippen LogP contribution >= 0.6 is 0 Å². The number of hydrazine groups is 1. The lowest BCUT2D eigenvalue weighted by atomic mass is 10.0. The van der Waals surface area contributed by atoms with Crippen molar-refractivity contribution < 1.29 is 32.6 Å². The van der Waals surface area contributed by atoms with Crippen LogP contribution in [0.5, 0.6) is 0 Å². The second kappa shape index (κ2) is 16.6. The quantitative estimate of drug-likeness (QED) is 0.0426. The van der Waals surface area contributed by atoms with E-state index in [0.29, 0.717) is 16.0 Å². The molecule has 13 heteroatoms. The van der Waals surface area contributed by atoms with Gasteiger partial charge >= 0.3 is 11.9 Å². The molecule has 5 aromatic rings. The van der Waals surface area contributed by atoms with Gasteiger partial charge < -0.3 is 21.3 Å². The molecule has 0 saturated carbocycles. The van der Waals surface area contributed by atoms with E-state index in [0.717, 1.165) is 18.1 Å². The molecular formula is C40H41N5O7S. The number of methoxy groups -OCH3 is 1. The number of esters is 1. The van der Waals surface area contributed by atoms with Crippen LogP contribution in [-0.2, 0) is 48.2 Å². The van der Waals surface area contributed by atoms with Gasteiger partial charge in [0, 0.05) is 18.4 Å². The third-order valence-corrected chi connectivity index (χ3v) is 11.2. The van der Waals surface area contributed by atoms with Crippen molar-refractivity contribution in [3.63, 3.8) is 0 Å². The number of aryl methyl sites for hydroxylation is 1. The average Bonchev–Trinajstić information content (AvgIpc) is 3.16. The van der Waals surface area contributed by atoms with Crippen molar-refractivity contribution >= 4 is 44.3 Å². The van der Waals surface area contributed by atoms with Crippen LogP contribution in [0.2, 0.25) is 0 Å². The first kappa shape index (κ1) is 38.3. The van der Waals surface area contributed by atoms with Gasteiger partial charge in [-0.2, -0.15) is 0 Å². The number of sulfone groups is 1. The molecule has 0 saturated heterocycles. The summed E-state index contributed by atoms with van der Waals surface area (Å²) in [5.74, 6) is -3.90. The second-order valence-electron chi connectivity index (χ2n) is 12.6. The van der Waals surface area contributed by atoms with Gasteiger partial charge in [0.2, 0.25) is 14.7 Å². The van der Waals surface area contributed by atoms with Gasteiger partial charge in [0.05, 0.1) is 12.0 Å². The Morgan fingerprint density at radius 2 is 1.43 bits per heavy atom. The van der Waals surface area contributed by atoms with Crippen molar-refractivity contribution in [1.82, 2.24) is 10.4 Å². The fourth-order valence-corrected chi connectivity index (χ4v) is 7.76. The highest BCUT2D eigenvalue weighted by Gasteiger charge is 2.53. The number of fused-ring (bicyclic) bond motifs is 1. The number of carboxylic acid groups (broad SMARTS) is 1. The molecule has 0 aliphatic rings. The first-order valence-corrected chi connectivity index (χ1v) is 18.3. The Kier molecular flexibility index (Phi) is 12.0. The molecular weight excluding hydrogens is 695 g/mol. The lowest BCUT2D eigenvalue weighted by Gasteiger charge is -2.38. The number of rotatable bonds is 16. The number of nitrogens with zero attached hydrogens (tertiary/aromatic N) is 1. The molecule has 0 aliphatic carbocycles. The zero-order valence-corrected chi connectivity index (χ0v) is 29.8. The van der Waals surface area contributed by atoms with E-state index < -0.39 is 51.1 Å². The third-order valence-electron chi connectivity index (χ3n) is 9.01. The van der Waals surface area contributed by atoms with E-state index in [9.17, 15) is 23.1 Å². The summed E-state index contributed by atoms with van der Waals surface area (Å²) in [6, 6.07) is 32.2. The predicted octanol–water partition coefficient (Wildman–Crippen LogP) is 4.00. The maximum atomic E-state index is 15.2. The highest BCUT2D eigenvalue weighted by molar-refractivity contribution is 7.93. The van der Waals surface area contributed by atoms with Crippen molar-refractivity contribution in [2.24, 2.45) is 11.5 Å². The molecule has 0 bridgehead atoms. The Morgan fingerprint density at radius 3 is 2.06 bits per heavy atom. The van der Waals surface area contributed by atoms with Crippen LogP contribution in [0.4, 0.5) is 0 Å². The molecule has 0 radical (unpaired) electrons. The molecule has 1 amide bonds. The Hall–Kier alpha value is -5.89. The maximum absolute atomic E-state index is 15.2. The monoisotopic (exact) mass is 735 g/mol. The molecule has 0 unspecified atom stereocenters. The molecule has 5 rings (SSSR count). The van der Waals surface area contributed by atoms with E-state index in [-0.39, 0.29) is 41.1 Å². The molecule has 0 aromatic heterocycles. The third kappa shape index (κ3) is 8.78. The normalized spacial score (nSPS) is 13.7. The number of carbonyl (C=O) groups is 3. The zero-order valence-electron chi connectivity index (χ0n) is 29.0. The van der Waals surface area contributed by atoms with E-state index in [1.165, 1.54) is 24.3 Å². The van der Waals surface area contributed by atoms with E-state index >= 15 is 4.79 Å². The summed E-state index contributed by atoms with van der Waals surface area (Å²) in [5, 5.41) is 20.6. The number of nitrogen functional groups attached to an aromatic ring is 1. The van der Waals surface area contributed by atoms with Crippen LogP contribution in [0.3, 0.4) is 0 Å². The average molecular weight is 736 g/mol. The number of amides is 1. The Labute approximate surface area is 307 Å². The minimum absolute atomic E-state index is 0.0437. The van der Waals surface area contributed by atoms with Gasteiger partial charge in [-0.05, 0) is 58.5 Å². The number of benzene rings is 5. The standard InChI is InChI=1S/C40H41N5O7S/c1-52-38(48)34(24-28-13-6-3-7-14-28)44-45(35(37(46)47)22-19-27-11-4-2-5-12-27)39(49)40(43,26-29-15-10-18-32(23-29)36(41)42)53(50,51)33-21-20-30-16-8-9-17-31(30)25-33/h2-18,20-21,23,25,34-35,44H,19,22,24,26,43H2,1H3,(H3,41,42)(H,46,47)/t34-,35-,40+/m0/s1. The molecule has 0 heterocycles. The van der Waals surface area contributed by atoms with E-state index in [4.69, 9.17) is 21.6 Å². The van der Waals surface area contributed by atoms with E-state index in [2.05, 4.69) is 5.43 Å². The Morgan fingerprint density at radius 1 is 0.830 bits per heavy atom. The predicted molar refractivity (Wildman–Crippen MR) is 201 cm³/mol. The summed E-state index contributed by atoms with van der Waals surface area (Å²) in [7, 11) is -3.71. The number of aliphatic carboxylic acids is 1. The zero-order chi connectivity index (χ0) is 38.2. The van der Waals surface area contributed by atoms with Gasteiger partial charge in [-0.25, -0.2) is 18.6 Å². The highest BCUT2D eigenvalue weighted by Crippen LogP contribution is 2.31. The summed E-state index contributed by atoms with van der Waals surface area (Å²) in [4.78, 5) is 38.5. The number of nitrogens with two attached hydrogens (primary N) is 2. The van der Waals surface area contributed by atoms with Crippen molar-refractivity contribution in [3.8, 4) is 0 Å². The van der Waals surface area contributed by atoms with E-state index in [1.54, 1.807) is 97.1 Å². The summed E-state index contributed by atoms with van der Waals surface area (Å²) in [6.45, 7) is 0. The van der Waals surface area contributed by atoms with Gasteiger partial charge in [-0.15, -0.1) is 0 Å². The number of hydrogen-bond donors (Lipinski definition) is 5. The number of amidine groups is 1. The number of hydrogen-bond acceptors (Lipinski definition) is 9. The van der Waals surface area contributed by atoms with Crippen molar-refractivity contribution in [3.05, 3.63) is 150 Å². The van der Waals surface area contributed by atoms with Gasteiger partial charge in [-0.1, -0.05) is 109 Å². The van der Waals surface area contributed by atoms with Crippen LogP contribution in [0, 0.1) is 5.41 Å². The van der Waals surface area contributed by atoms with Gasteiger partial charge in [0.25, 0.3) is 5.91 Å². The highest BCUT2D eigenvalue weighted by atomic mass is 32.2. The lowest BCUT2D eigenvalue weighted by molar-refractivity contribution is -0.159. The van der Waals surface area contributed by atoms with Crippen LogP contribution in [-0.4, -0.2) is 66.3 Å². The number of ether oxygens (including phenoxy) is 1. The summed E-state index contributed by atoms with van der Waals surface area (Å²) in [6.07, 6.45) is -0.686. The molecule has 0 spiro atoms. The van der Waals surface area contributed by atoms with Crippen LogP contribution in [0.1, 0.15) is 28.7 Å². The van der Waals surface area contributed by atoms with Gasteiger partial charge in [0.15, 0.2) is 0 Å².